The van der Waals surface area contributed by atoms with Gasteiger partial charge in [-0.3, -0.25) is 4.68 Å². The molecule has 30 heavy (non-hydrogen) atoms. The van der Waals surface area contributed by atoms with Crippen molar-refractivity contribution in [3.05, 3.63) is 70.9 Å². The zero-order chi connectivity index (χ0) is 20.8. The molecule has 0 radical (unpaired) electrons. The Labute approximate surface area is 178 Å². The third kappa shape index (κ3) is 3.35. The lowest BCUT2D eigenvalue weighted by molar-refractivity contribution is 0.539. The van der Waals surface area contributed by atoms with Crippen LogP contribution in [-0.4, -0.2) is 24.8 Å². The zero-order valence-corrected chi connectivity index (χ0v) is 17.4. The van der Waals surface area contributed by atoms with E-state index in [-0.39, 0.29) is 11.9 Å². The predicted octanol–water partition coefficient (Wildman–Crippen LogP) is 5.00. The van der Waals surface area contributed by atoms with Gasteiger partial charge in [-0.05, 0) is 48.7 Å². The summed E-state index contributed by atoms with van der Waals surface area (Å²) in [4.78, 5) is 0. The zero-order valence-electron chi connectivity index (χ0n) is 16.6. The Morgan fingerprint density at radius 3 is 2.80 bits per heavy atom. The molecule has 4 aromatic rings. The monoisotopic (exact) mass is 422 g/mol. The van der Waals surface area contributed by atoms with Gasteiger partial charge >= 0.3 is 0 Å². The molecular weight excluding hydrogens is 403 g/mol. The molecule has 0 saturated carbocycles. The number of hydrogen-bond donors (Lipinski definition) is 1. The summed E-state index contributed by atoms with van der Waals surface area (Å²) in [6.45, 7) is 2.67. The van der Waals surface area contributed by atoms with Gasteiger partial charge in [0.15, 0.2) is 0 Å². The van der Waals surface area contributed by atoms with Crippen molar-refractivity contribution in [1.29, 1.82) is 0 Å². The van der Waals surface area contributed by atoms with Gasteiger partial charge in [0.05, 0.1) is 23.6 Å². The van der Waals surface area contributed by atoms with Crippen molar-refractivity contribution in [2.45, 2.75) is 25.9 Å². The van der Waals surface area contributed by atoms with Crippen LogP contribution in [0, 0.1) is 12.7 Å². The van der Waals surface area contributed by atoms with E-state index in [0.29, 0.717) is 17.3 Å². The highest BCUT2D eigenvalue weighted by atomic mass is 35.5. The Hall–Kier alpha value is -3.19. The molecule has 0 bridgehead atoms. The number of hydrogen-bond acceptors (Lipinski definition) is 4. The van der Waals surface area contributed by atoms with Crippen molar-refractivity contribution >= 4 is 17.3 Å². The quantitative estimate of drug-likeness (QED) is 0.504. The minimum absolute atomic E-state index is 0.0458. The van der Waals surface area contributed by atoms with Gasteiger partial charge in [-0.25, -0.2) is 9.07 Å². The van der Waals surface area contributed by atoms with Gasteiger partial charge in [-0.15, -0.1) is 5.10 Å². The summed E-state index contributed by atoms with van der Waals surface area (Å²) in [7, 11) is 1.90. The van der Waals surface area contributed by atoms with Crippen molar-refractivity contribution in [2.24, 2.45) is 7.05 Å². The molecule has 3 heterocycles. The van der Waals surface area contributed by atoms with Gasteiger partial charge in [0.2, 0.25) is 0 Å². The van der Waals surface area contributed by atoms with Crippen LogP contribution in [0.5, 0.6) is 0 Å². The van der Waals surface area contributed by atoms with Crippen LogP contribution in [0.1, 0.15) is 23.7 Å². The van der Waals surface area contributed by atoms with Gasteiger partial charge in [0.1, 0.15) is 5.82 Å². The van der Waals surface area contributed by atoms with Crippen molar-refractivity contribution in [3.8, 4) is 22.4 Å². The molecule has 8 heteroatoms. The molecule has 1 atom stereocenters. The average Bonchev–Trinajstić information content (AvgIpc) is 3.25. The predicted molar refractivity (Wildman–Crippen MR) is 115 cm³/mol. The van der Waals surface area contributed by atoms with E-state index in [0.717, 1.165) is 40.1 Å². The first kappa shape index (κ1) is 18.8. The molecule has 0 amide bonds. The number of fused-ring (bicyclic) bond motifs is 3. The van der Waals surface area contributed by atoms with E-state index in [2.05, 4.69) is 38.9 Å². The molecule has 1 aliphatic heterocycles. The maximum atomic E-state index is 13.9. The van der Waals surface area contributed by atoms with Crippen molar-refractivity contribution in [3.63, 3.8) is 0 Å². The van der Waals surface area contributed by atoms with Crippen LogP contribution in [-0.2, 0) is 13.6 Å². The first-order valence-corrected chi connectivity index (χ1v) is 10.1. The fraction of sp³-hybridized carbons (Fsp3) is 0.227. The number of rotatable bonds is 3. The summed E-state index contributed by atoms with van der Waals surface area (Å²) in [5.41, 5.74) is 6.86. The number of halogens is 2. The third-order valence-electron chi connectivity index (χ3n) is 5.46. The van der Waals surface area contributed by atoms with E-state index in [1.54, 1.807) is 10.7 Å². The molecule has 2 aromatic carbocycles. The number of aryl methyl sites for hydroxylation is 3. The molecule has 1 unspecified atom stereocenters. The van der Waals surface area contributed by atoms with Crippen LogP contribution in [0.2, 0.25) is 5.02 Å². The second-order valence-electron chi connectivity index (χ2n) is 7.60. The summed E-state index contributed by atoms with van der Waals surface area (Å²) in [6.07, 6.45) is 4.61. The summed E-state index contributed by atoms with van der Waals surface area (Å²) in [5.74, 6) is -0.365. The molecule has 5 rings (SSSR count). The van der Waals surface area contributed by atoms with Crippen molar-refractivity contribution < 1.29 is 4.39 Å². The second kappa shape index (κ2) is 7.25. The maximum Gasteiger partial charge on any atom is 0.126 e. The lowest BCUT2D eigenvalue weighted by Crippen LogP contribution is -2.13. The van der Waals surface area contributed by atoms with E-state index >= 15 is 0 Å². The van der Waals surface area contributed by atoms with Crippen LogP contribution in [0.15, 0.2) is 48.8 Å². The number of aromatic nitrogens is 5. The third-order valence-corrected chi connectivity index (χ3v) is 5.68. The lowest BCUT2D eigenvalue weighted by Gasteiger charge is -2.21. The average molecular weight is 423 g/mol. The molecule has 152 valence electrons. The fourth-order valence-electron chi connectivity index (χ4n) is 4.10. The standard InChI is InChI=1S/C22H20ClFN6/c1-13-22-19-4-3-14(15-11-25-29(2)12-15)7-20(19)21(5-6-30(22)28-27-13)26-18-9-16(23)8-17(24)10-18/h3-4,7-12,21,26H,5-6H2,1-2H3. The van der Waals surface area contributed by atoms with Gasteiger partial charge in [-0.2, -0.15) is 5.10 Å². The Balaban J connectivity index is 1.63. The number of benzene rings is 2. The summed E-state index contributed by atoms with van der Waals surface area (Å²) >= 11 is 6.07. The summed E-state index contributed by atoms with van der Waals surface area (Å²) < 4.78 is 17.6. The van der Waals surface area contributed by atoms with Crippen LogP contribution in [0.25, 0.3) is 22.4 Å². The smallest absolute Gasteiger partial charge is 0.126 e. The minimum Gasteiger partial charge on any atom is -0.378 e. The van der Waals surface area contributed by atoms with Gasteiger partial charge in [-0.1, -0.05) is 28.9 Å². The Morgan fingerprint density at radius 2 is 2.03 bits per heavy atom. The van der Waals surface area contributed by atoms with Crippen LogP contribution in [0.3, 0.4) is 0 Å². The van der Waals surface area contributed by atoms with E-state index in [1.807, 2.05) is 31.0 Å². The van der Waals surface area contributed by atoms with Crippen LogP contribution < -0.4 is 5.32 Å². The second-order valence-corrected chi connectivity index (χ2v) is 8.03. The highest BCUT2D eigenvalue weighted by Crippen LogP contribution is 2.39. The SMILES string of the molecule is Cc1nnn2c1-c1ccc(-c3cnn(C)c3)cc1C(Nc1cc(F)cc(Cl)c1)CC2. The van der Waals surface area contributed by atoms with Crippen molar-refractivity contribution in [1.82, 2.24) is 24.8 Å². The molecule has 0 fully saturated rings. The van der Waals surface area contributed by atoms with Crippen molar-refractivity contribution in [2.75, 3.05) is 5.32 Å². The van der Waals surface area contributed by atoms with Crippen LogP contribution in [0.4, 0.5) is 10.1 Å². The summed E-state index contributed by atoms with van der Waals surface area (Å²) in [6, 6.07) is 10.8. The van der Waals surface area contributed by atoms with Gasteiger partial charge in [0.25, 0.3) is 0 Å². The molecule has 2 aromatic heterocycles. The van der Waals surface area contributed by atoms with E-state index < -0.39 is 0 Å². The highest BCUT2D eigenvalue weighted by molar-refractivity contribution is 6.30. The minimum atomic E-state index is -0.365. The normalized spacial score (nSPS) is 15.4. The maximum absolute atomic E-state index is 13.9. The van der Waals surface area contributed by atoms with Gasteiger partial charge < -0.3 is 5.32 Å². The number of anilines is 1. The fourth-order valence-corrected chi connectivity index (χ4v) is 4.32. The topological polar surface area (TPSA) is 60.6 Å². The number of nitrogens with zero attached hydrogens (tertiary/aromatic N) is 5. The van der Waals surface area contributed by atoms with Crippen LogP contribution >= 0.6 is 11.6 Å². The first-order chi connectivity index (χ1) is 14.5. The molecule has 1 N–H and O–H groups in total. The van der Waals surface area contributed by atoms with E-state index in [4.69, 9.17) is 11.6 Å². The Kier molecular flexibility index (Phi) is 4.55. The Morgan fingerprint density at radius 1 is 1.17 bits per heavy atom. The van der Waals surface area contributed by atoms with E-state index in [1.165, 1.54) is 12.1 Å². The highest BCUT2D eigenvalue weighted by Gasteiger charge is 2.26. The summed E-state index contributed by atoms with van der Waals surface area (Å²) in [5, 5.41) is 16.7. The first-order valence-electron chi connectivity index (χ1n) is 9.74. The molecule has 0 aliphatic carbocycles. The largest absolute Gasteiger partial charge is 0.378 e. The molecule has 1 aliphatic rings. The van der Waals surface area contributed by atoms with E-state index in [9.17, 15) is 4.39 Å². The molecular formula is C22H20ClFN6. The lowest BCUT2D eigenvalue weighted by atomic mass is 9.93. The molecule has 0 spiro atoms. The van der Waals surface area contributed by atoms with Gasteiger partial charge in [0, 0.05) is 41.6 Å². The Bertz CT molecular complexity index is 1220. The number of nitrogens with one attached hydrogen (secondary N) is 1. The molecule has 6 nitrogen and oxygen atoms in total. The molecule has 0 saturated heterocycles.